The van der Waals surface area contributed by atoms with Crippen LogP contribution < -0.4 is 10.9 Å². The zero-order valence-corrected chi connectivity index (χ0v) is 19.8. The maximum absolute atomic E-state index is 13.6. The van der Waals surface area contributed by atoms with Gasteiger partial charge in [-0.25, -0.2) is 9.36 Å². The van der Waals surface area contributed by atoms with Crippen molar-refractivity contribution >= 4 is 28.4 Å². The number of halogens is 1. The van der Waals surface area contributed by atoms with E-state index in [1.807, 2.05) is 41.2 Å². The highest BCUT2D eigenvalue weighted by molar-refractivity contribution is 6.30. The number of amides is 1. The van der Waals surface area contributed by atoms with Crippen LogP contribution in [0, 0.1) is 6.92 Å². The van der Waals surface area contributed by atoms with E-state index in [9.17, 15) is 9.59 Å². The minimum Gasteiger partial charge on any atom is -0.352 e. The quantitative estimate of drug-likeness (QED) is 0.436. The molecular formula is C25H27ClN6O2. The van der Waals surface area contributed by atoms with Crippen LogP contribution in [0.3, 0.4) is 0 Å². The van der Waals surface area contributed by atoms with Crippen LogP contribution in [0.1, 0.15) is 44.2 Å². The zero-order chi connectivity index (χ0) is 23.7. The van der Waals surface area contributed by atoms with Crippen LogP contribution >= 0.6 is 11.6 Å². The first kappa shape index (κ1) is 22.4. The molecule has 1 amide bonds. The number of hydrogen-bond acceptors (Lipinski definition) is 4. The van der Waals surface area contributed by atoms with E-state index in [0.717, 1.165) is 31.4 Å². The number of aromatic nitrogens is 5. The van der Waals surface area contributed by atoms with Gasteiger partial charge in [-0.15, -0.1) is 0 Å². The second-order valence-corrected chi connectivity index (χ2v) is 9.27. The van der Waals surface area contributed by atoms with Crippen molar-refractivity contribution < 1.29 is 4.79 Å². The Morgan fingerprint density at radius 1 is 1.06 bits per heavy atom. The molecule has 1 aromatic carbocycles. The molecule has 0 saturated heterocycles. The normalized spacial score (nSPS) is 14.9. The molecule has 8 nitrogen and oxygen atoms in total. The summed E-state index contributed by atoms with van der Waals surface area (Å²) >= 11 is 6.08. The van der Waals surface area contributed by atoms with Crippen molar-refractivity contribution in [3.05, 3.63) is 69.9 Å². The molecule has 34 heavy (non-hydrogen) atoms. The molecule has 9 heteroatoms. The van der Waals surface area contributed by atoms with Crippen LogP contribution in [0.15, 0.2) is 53.6 Å². The van der Waals surface area contributed by atoms with E-state index in [1.54, 1.807) is 23.7 Å². The van der Waals surface area contributed by atoms with Gasteiger partial charge in [0, 0.05) is 23.5 Å². The SMILES string of the molecule is Cc1nn(CC(=O)NC2CCCCCC2)c(=O)c2c(-n3cccc3)n(-c3ccc(Cl)cc3)nc12. The summed E-state index contributed by atoms with van der Waals surface area (Å²) in [6.07, 6.45) is 10.4. The predicted molar refractivity (Wildman–Crippen MR) is 132 cm³/mol. The van der Waals surface area contributed by atoms with Gasteiger partial charge < -0.3 is 9.88 Å². The number of nitrogens with one attached hydrogen (secondary N) is 1. The second-order valence-electron chi connectivity index (χ2n) is 8.83. The standard InChI is InChI=1S/C25H27ClN6O2/c1-17-23-22(25(34)31(28-17)16-21(33)27-19-8-4-2-3-5-9-19)24(30-14-6-7-15-30)32(29-23)20-12-10-18(26)11-13-20/h6-7,10-15,19H,2-5,8-9,16H2,1H3,(H,27,33). The van der Waals surface area contributed by atoms with E-state index >= 15 is 0 Å². The Kier molecular flexibility index (Phi) is 6.24. The molecule has 1 aliphatic rings. The lowest BCUT2D eigenvalue weighted by molar-refractivity contribution is -0.122. The topological polar surface area (TPSA) is 86.7 Å². The van der Waals surface area contributed by atoms with Gasteiger partial charge in [-0.2, -0.15) is 10.2 Å². The van der Waals surface area contributed by atoms with E-state index in [2.05, 4.69) is 10.4 Å². The van der Waals surface area contributed by atoms with Crippen LogP contribution in [-0.2, 0) is 11.3 Å². The van der Waals surface area contributed by atoms with E-state index in [-0.39, 0.29) is 24.1 Å². The third-order valence-electron chi connectivity index (χ3n) is 6.36. The summed E-state index contributed by atoms with van der Waals surface area (Å²) in [5.74, 6) is 0.406. The summed E-state index contributed by atoms with van der Waals surface area (Å²) in [5.41, 5.74) is 1.50. The molecule has 0 bridgehead atoms. The third kappa shape index (κ3) is 4.37. The zero-order valence-electron chi connectivity index (χ0n) is 19.1. The smallest absolute Gasteiger partial charge is 0.280 e. The molecule has 1 saturated carbocycles. The summed E-state index contributed by atoms with van der Waals surface area (Å²) in [4.78, 5) is 26.4. The Morgan fingerprint density at radius 3 is 2.41 bits per heavy atom. The lowest BCUT2D eigenvalue weighted by Gasteiger charge is -2.16. The molecule has 3 heterocycles. The molecule has 0 unspecified atom stereocenters. The van der Waals surface area contributed by atoms with Crippen LogP contribution in [0.5, 0.6) is 0 Å². The lowest BCUT2D eigenvalue weighted by Crippen LogP contribution is -2.39. The number of carbonyl (C=O) groups excluding carboxylic acids is 1. The molecule has 176 valence electrons. The van der Waals surface area contributed by atoms with Crippen LogP contribution in [0.25, 0.3) is 22.4 Å². The molecule has 0 atom stereocenters. The third-order valence-corrected chi connectivity index (χ3v) is 6.61. The first-order chi connectivity index (χ1) is 16.5. The largest absolute Gasteiger partial charge is 0.352 e. The Labute approximate surface area is 202 Å². The maximum atomic E-state index is 13.6. The summed E-state index contributed by atoms with van der Waals surface area (Å²) < 4.78 is 4.82. The fraction of sp³-hybridized carbons (Fsp3) is 0.360. The van der Waals surface area contributed by atoms with Crippen molar-refractivity contribution in [2.24, 2.45) is 0 Å². The summed E-state index contributed by atoms with van der Waals surface area (Å²) in [7, 11) is 0. The fourth-order valence-corrected chi connectivity index (χ4v) is 4.80. The molecule has 0 radical (unpaired) electrons. The molecular weight excluding hydrogens is 452 g/mol. The highest BCUT2D eigenvalue weighted by atomic mass is 35.5. The van der Waals surface area contributed by atoms with Crippen molar-refractivity contribution in [3.63, 3.8) is 0 Å². The molecule has 1 fully saturated rings. The predicted octanol–water partition coefficient (Wildman–Crippen LogP) is 4.17. The lowest BCUT2D eigenvalue weighted by atomic mass is 10.1. The summed E-state index contributed by atoms with van der Waals surface area (Å²) in [6.45, 7) is 1.68. The molecule has 0 spiro atoms. The second kappa shape index (κ2) is 9.46. The average molecular weight is 479 g/mol. The average Bonchev–Trinajstić information content (AvgIpc) is 3.41. The van der Waals surface area contributed by atoms with Gasteiger partial charge in [0.15, 0.2) is 5.82 Å². The van der Waals surface area contributed by atoms with Crippen molar-refractivity contribution in [1.82, 2.24) is 29.4 Å². The Balaban J connectivity index is 1.57. The number of carbonyl (C=O) groups is 1. The van der Waals surface area contributed by atoms with Gasteiger partial charge in [0.05, 0.1) is 11.4 Å². The van der Waals surface area contributed by atoms with Gasteiger partial charge >= 0.3 is 0 Å². The van der Waals surface area contributed by atoms with Crippen LogP contribution in [0.2, 0.25) is 5.02 Å². The molecule has 1 aliphatic carbocycles. The first-order valence-electron chi connectivity index (χ1n) is 11.7. The number of benzene rings is 1. The van der Waals surface area contributed by atoms with Crippen molar-refractivity contribution in [1.29, 1.82) is 0 Å². The Morgan fingerprint density at radius 2 is 1.74 bits per heavy atom. The molecule has 4 aromatic rings. The van der Waals surface area contributed by atoms with E-state index in [1.165, 1.54) is 17.5 Å². The van der Waals surface area contributed by atoms with Gasteiger partial charge in [-0.3, -0.25) is 9.59 Å². The van der Waals surface area contributed by atoms with Gasteiger partial charge in [-0.05, 0) is 56.2 Å². The Bertz CT molecular complexity index is 1360. The van der Waals surface area contributed by atoms with Gasteiger partial charge in [0.1, 0.15) is 17.4 Å². The fourth-order valence-electron chi connectivity index (χ4n) is 4.68. The summed E-state index contributed by atoms with van der Waals surface area (Å²) in [5, 5.41) is 13.3. The first-order valence-corrected chi connectivity index (χ1v) is 12.1. The van der Waals surface area contributed by atoms with Gasteiger partial charge in [0.25, 0.3) is 5.56 Å². The van der Waals surface area contributed by atoms with Gasteiger partial charge in [-0.1, -0.05) is 37.3 Å². The maximum Gasteiger partial charge on any atom is 0.280 e. The minimum atomic E-state index is -0.347. The van der Waals surface area contributed by atoms with Crippen LogP contribution in [-0.4, -0.2) is 36.1 Å². The minimum absolute atomic E-state index is 0.122. The number of nitrogens with zero attached hydrogens (tertiary/aromatic N) is 5. The van der Waals surface area contributed by atoms with Crippen LogP contribution in [0.4, 0.5) is 0 Å². The highest BCUT2D eigenvalue weighted by Crippen LogP contribution is 2.25. The summed E-state index contributed by atoms with van der Waals surface area (Å²) in [6, 6.07) is 11.2. The number of fused-ring (bicyclic) bond motifs is 1. The molecule has 3 aromatic heterocycles. The Hall–Kier alpha value is -3.39. The highest BCUT2D eigenvalue weighted by Gasteiger charge is 2.23. The number of hydrogen-bond donors (Lipinski definition) is 1. The monoisotopic (exact) mass is 478 g/mol. The van der Waals surface area contributed by atoms with Gasteiger partial charge in [0.2, 0.25) is 5.91 Å². The van der Waals surface area contributed by atoms with E-state index in [0.29, 0.717) is 27.4 Å². The van der Waals surface area contributed by atoms with E-state index < -0.39 is 0 Å². The van der Waals surface area contributed by atoms with Crippen molar-refractivity contribution in [2.45, 2.75) is 58.0 Å². The number of aryl methyl sites for hydroxylation is 1. The molecule has 5 rings (SSSR count). The number of rotatable bonds is 5. The molecule has 1 N–H and O–H groups in total. The molecule has 0 aliphatic heterocycles. The van der Waals surface area contributed by atoms with Crippen molar-refractivity contribution in [2.75, 3.05) is 0 Å². The van der Waals surface area contributed by atoms with Crippen molar-refractivity contribution in [3.8, 4) is 11.5 Å². The van der Waals surface area contributed by atoms with E-state index in [4.69, 9.17) is 16.7 Å².